The van der Waals surface area contributed by atoms with E-state index >= 15 is 4.39 Å². The zero-order chi connectivity index (χ0) is 24.8. The second kappa shape index (κ2) is 8.84. The topological polar surface area (TPSA) is 45.2 Å². The predicted molar refractivity (Wildman–Crippen MR) is 130 cm³/mol. The lowest BCUT2D eigenvalue weighted by Gasteiger charge is -2.59. The molecule has 0 bridgehead atoms. The smallest absolute Gasteiger partial charge is 0.253 e. The molecular formula is C20H16B6ClF2N3O. The van der Waals surface area contributed by atoms with E-state index in [0.29, 0.717) is 0 Å². The maximum Gasteiger partial charge on any atom is 0.253 e. The minimum absolute atomic E-state index is 0.0850. The third kappa shape index (κ3) is 4.92. The van der Waals surface area contributed by atoms with Crippen molar-refractivity contribution < 1.29 is 13.6 Å². The van der Waals surface area contributed by atoms with Crippen LogP contribution in [0.3, 0.4) is 0 Å². The number of rotatable bonds is 5. The van der Waals surface area contributed by atoms with Crippen LogP contribution >= 0.6 is 11.6 Å². The molecule has 1 amide bonds. The number of benzene rings is 1. The van der Waals surface area contributed by atoms with Crippen LogP contribution in [0, 0.1) is 12.7 Å². The van der Waals surface area contributed by atoms with Gasteiger partial charge < -0.3 is 10.2 Å². The van der Waals surface area contributed by atoms with Crippen LogP contribution in [0.1, 0.15) is 28.0 Å². The number of piperidine rings is 1. The number of likely N-dealkylation sites (tertiary alicyclic amines) is 1. The summed E-state index contributed by atoms with van der Waals surface area (Å²) in [6, 6.07) is 6.71. The molecule has 13 heteroatoms. The number of aromatic nitrogens is 1. The summed E-state index contributed by atoms with van der Waals surface area (Å²) in [5, 5.41) is -4.31. The monoisotopic (exact) mass is 453 g/mol. The van der Waals surface area contributed by atoms with Crippen LogP contribution < -0.4 is 5.32 Å². The molecule has 0 saturated carbocycles. The number of carbonyl (C=O) groups excluding carboxylic acids is 1. The van der Waals surface area contributed by atoms with Crippen LogP contribution in [0.15, 0.2) is 36.5 Å². The Labute approximate surface area is 205 Å². The first kappa shape index (κ1) is 26.0. The molecule has 0 spiro atoms. The van der Waals surface area contributed by atoms with E-state index in [1.165, 1.54) is 23.2 Å². The van der Waals surface area contributed by atoms with E-state index < -0.39 is 46.2 Å². The predicted octanol–water partition coefficient (Wildman–Crippen LogP) is 0.918. The van der Waals surface area contributed by atoms with Crippen molar-refractivity contribution in [3.05, 3.63) is 64.2 Å². The largest absolute Gasteiger partial charge is 0.339 e. The standard InChI is InChI=1S/C20H16B6ClF2N3O/c1-11-2-5-15(30-9-11)19(23,24)31-20(25,26)17(29)6-7-32(10-18(17,21)22)16(33)12-3-4-14(28)13(27)8-12/h2-5,8-9,31H,6-7,10H2,1H3. The lowest BCUT2D eigenvalue weighted by molar-refractivity contribution is 0.0168. The second-order valence-electron chi connectivity index (χ2n) is 8.53. The van der Waals surface area contributed by atoms with Gasteiger partial charge in [0, 0.05) is 30.5 Å². The van der Waals surface area contributed by atoms with Gasteiger partial charge in [-0.1, -0.05) is 17.7 Å². The number of pyridine rings is 1. The van der Waals surface area contributed by atoms with E-state index in [1.54, 1.807) is 6.07 Å². The Kier molecular flexibility index (Phi) is 6.96. The number of carbonyl (C=O) groups is 1. The molecule has 1 fully saturated rings. The summed E-state index contributed by atoms with van der Waals surface area (Å²) in [7, 11) is 36.6. The summed E-state index contributed by atoms with van der Waals surface area (Å²) in [5.41, 5.74) is -1.57. The van der Waals surface area contributed by atoms with E-state index in [9.17, 15) is 9.18 Å². The van der Waals surface area contributed by atoms with Gasteiger partial charge in [-0.15, -0.1) is 0 Å². The number of nitrogens with one attached hydrogen (secondary N) is 1. The van der Waals surface area contributed by atoms with Crippen LogP contribution in [0.25, 0.3) is 0 Å². The first-order chi connectivity index (χ1) is 15.1. The minimum Gasteiger partial charge on any atom is -0.339 e. The molecule has 2 aromatic rings. The molecule has 1 aliphatic rings. The summed E-state index contributed by atoms with van der Waals surface area (Å²) >= 11 is 5.75. The minimum atomic E-state index is -2.66. The quantitative estimate of drug-likeness (QED) is 0.687. The Balaban J connectivity index is 1.82. The Morgan fingerprint density at radius 2 is 1.88 bits per heavy atom. The van der Waals surface area contributed by atoms with Crippen LogP contribution in [0.4, 0.5) is 8.78 Å². The summed E-state index contributed by atoms with van der Waals surface area (Å²) in [6.45, 7) is 1.21. The first-order valence-corrected chi connectivity index (χ1v) is 10.4. The maximum absolute atomic E-state index is 16.3. The SMILES string of the molecule is [B]C([B])(NC([B])([B])C1(F)CCN(C(=O)c2ccc(F)c(Cl)c2)CC1([B])[B])c1ccc(C)cn1. The molecule has 33 heavy (non-hydrogen) atoms. The van der Waals surface area contributed by atoms with Crippen LogP contribution in [-0.4, -0.2) is 87.0 Å². The molecule has 1 saturated heterocycles. The number of aryl methyl sites for hydroxylation is 1. The van der Waals surface area contributed by atoms with E-state index in [0.717, 1.165) is 17.7 Å². The molecule has 156 valence electrons. The number of halogens is 3. The Hall–Kier alpha value is -1.66. The zero-order valence-corrected chi connectivity index (χ0v) is 18.7. The summed E-state index contributed by atoms with van der Waals surface area (Å²) in [5.74, 6) is -1.25. The lowest BCUT2D eigenvalue weighted by Crippen LogP contribution is -2.74. The summed E-state index contributed by atoms with van der Waals surface area (Å²) < 4.78 is 29.7. The fraction of sp³-hybridized carbons (Fsp3) is 0.400. The molecule has 1 unspecified atom stereocenters. The van der Waals surface area contributed by atoms with Crippen molar-refractivity contribution in [2.24, 2.45) is 0 Å². The van der Waals surface area contributed by atoms with Crippen molar-refractivity contribution in [1.82, 2.24) is 15.2 Å². The molecule has 2 heterocycles. The lowest BCUT2D eigenvalue weighted by atomic mass is 9.34. The van der Waals surface area contributed by atoms with Crippen molar-refractivity contribution in [3.8, 4) is 0 Å². The number of hydrogen-bond acceptors (Lipinski definition) is 3. The number of alkyl halides is 1. The summed E-state index contributed by atoms with van der Waals surface area (Å²) in [6.07, 6.45) is 1.07. The van der Waals surface area contributed by atoms with E-state index in [2.05, 4.69) is 10.3 Å². The Morgan fingerprint density at radius 3 is 2.42 bits per heavy atom. The van der Waals surface area contributed by atoms with Gasteiger partial charge in [-0.3, -0.25) is 9.78 Å². The van der Waals surface area contributed by atoms with Crippen molar-refractivity contribution in [2.75, 3.05) is 13.1 Å². The number of nitrogens with zero attached hydrogens (tertiary/aromatic N) is 2. The van der Waals surface area contributed by atoms with Gasteiger partial charge in [0.1, 0.15) is 11.5 Å². The third-order valence-electron chi connectivity index (χ3n) is 5.77. The average Bonchev–Trinajstić information content (AvgIpc) is 2.71. The van der Waals surface area contributed by atoms with Gasteiger partial charge in [0.2, 0.25) is 0 Å². The number of amides is 1. The van der Waals surface area contributed by atoms with Crippen LogP contribution in [0.2, 0.25) is 10.2 Å². The van der Waals surface area contributed by atoms with Crippen molar-refractivity contribution >= 4 is 64.6 Å². The normalized spacial score (nSPS) is 21.0. The molecule has 1 atom stereocenters. The highest BCUT2D eigenvalue weighted by molar-refractivity contribution is 6.48. The Morgan fingerprint density at radius 1 is 1.21 bits per heavy atom. The highest BCUT2D eigenvalue weighted by atomic mass is 35.5. The van der Waals surface area contributed by atoms with Crippen molar-refractivity contribution in [3.63, 3.8) is 0 Å². The second-order valence-corrected chi connectivity index (χ2v) is 8.94. The molecule has 1 aromatic carbocycles. The van der Waals surface area contributed by atoms with Crippen LogP contribution in [-0.2, 0) is 5.34 Å². The first-order valence-electron chi connectivity index (χ1n) is 9.99. The van der Waals surface area contributed by atoms with Crippen LogP contribution in [0.5, 0.6) is 0 Å². The fourth-order valence-corrected chi connectivity index (χ4v) is 4.02. The van der Waals surface area contributed by atoms with Gasteiger partial charge in [0.25, 0.3) is 5.91 Å². The van der Waals surface area contributed by atoms with E-state index in [4.69, 9.17) is 58.7 Å². The van der Waals surface area contributed by atoms with Gasteiger partial charge in [-0.05, 0) is 59.1 Å². The van der Waals surface area contributed by atoms with Crippen molar-refractivity contribution in [1.29, 1.82) is 0 Å². The van der Waals surface area contributed by atoms with Gasteiger partial charge in [-0.2, -0.15) is 0 Å². The van der Waals surface area contributed by atoms with Crippen molar-refractivity contribution in [2.45, 2.75) is 34.9 Å². The number of hydrogen-bond donors (Lipinski definition) is 1. The van der Waals surface area contributed by atoms with Gasteiger partial charge in [0.15, 0.2) is 0 Å². The zero-order valence-electron chi connectivity index (χ0n) is 18.0. The molecule has 0 aliphatic carbocycles. The Bertz CT molecular complexity index is 1060. The molecule has 12 radical (unpaired) electrons. The fourth-order valence-electron chi connectivity index (χ4n) is 3.84. The maximum atomic E-state index is 16.3. The molecule has 1 aromatic heterocycles. The molecular weight excluding hydrogens is 437 g/mol. The molecule has 1 aliphatic heterocycles. The molecule has 1 N–H and O–H groups in total. The molecule has 3 rings (SSSR count). The van der Waals surface area contributed by atoms with E-state index in [1.807, 2.05) is 6.92 Å². The van der Waals surface area contributed by atoms with Gasteiger partial charge in [-0.25, -0.2) is 8.78 Å². The highest BCUT2D eigenvalue weighted by Gasteiger charge is 2.57. The average molecular weight is 453 g/mol. The van der Waals surface area contributed by atoms with Gasteiger partial charge in [0.05, 0.1) is 52.1 Å². The molecule has 4 nitrogen and oxygen atoms in total. The highest BCUT2D eigenvalue weighted by Crippen LogP contribution is 2.48. The van der Waals surface area contributed by atoms with E-state index in [-0.39, 0.29) is 22.8 Å². The summed E-state index contributed by atoms with van der Waals surface area (Å²) in [4.78, 5) is 18.2. The third-order valence-corrected chi connectivity index (χ3v) is 6.06. The van der Waals surface area contributed by atoms with Gasteiger partial charge >= 0.3 is 0 Å².